The topological polar surface area (TPSA) is 149 Å². The second-order valence-corrected chi connectivity index (χ2v) is 12.1. The van der Waals surface area contributed by atoms with Gasteiger partial charge in [0, 0.05) is 41.6 Å². The molecule has 4 rings (SSSR count). The minimum absolute atomic E-state index is 0. The largest absolute Gasteiger partial charge is 0.374 e. The van der Waals surface area contributed by atoms with Crippen LogP contribution >= 0.6 is 0 Å². The predicted octanol–water partition coefficient (Wildman–Crippen LogP) is 2.08. The van der Waals surface area contributed by atoms with Crippen LogP contribution < -0.4 is 16.4 Å². The molecule has 1 aliphatic rings. The summed E-state index contributed by atoms with van der Waals surface area (Å²) in [5.41, 5.74) is 6.41. The highest BCUT2D eigenvalue weighted by atomic mass is 32.2. The fourth-order valence-corrected chi connectivity index (χ4v) is 5.31. The molecular formula is C30H40N6O5S. The standard InChI is InChI=1S/C29H36N6O5S.CH4/c1-29(2,30)28(38)32-23(19-40-18-21-9-5-3-6-10-21)26(36)33-24-17-35(20-31-24)25(22-11-7-4-8-12-22)27(37)34-13-15-41(39)16-14-34;/h3-12,17,20,23,25H,13-16,18-19,30H2,1-2H3,(H,32,38)(H,33,36);1H4/t23-,25?;/m1./s1. The Morgan fingerprint density at radius 1 is 1.05 bits per heavy atom. The zero-order chi connectivity index (χ0) is 29.4. The van der Waals surface area contributed by atoms with Gasteiger partial charge in [-0.2, -0.15) is 0 Å². The first-order valence-electron chi connectivity index (χ1n) is 13.4. The van der Waals surface area contributed by atoms with Gasteiger partial charge in [-0.15, -0.1) is 0 Å². The molecule has 3 aromatic rings. The molecule has 12 heteroatoms. The van der Waals surface area contributed by atoms with Crippen molar-refractivity contribution in [2.24, 2.45) is 5.73 Å². The van der Waals surface area contributed by atoms with Crippen LogP contribution in [0.4, 0.5) is 5.82 Å². The Kier molecular flexibility index (Phi) is 11.5. The van der Waals surface area contributed by atoms with Crippen LogP contribution in [0.25, 0.3) is 0 Å². The Balaban J connectivity index is 0.00000484. The van der Waals surface area contributed by atoms with E-state index in [4.69, 9.17) is 10.5 Å². The summed E-state index contributed by atoms with van der Waals surface area (Å²) in [6.07, 6.45) is 3.06. The van der Waals surface area contributed by atoms with Crippen LogP contribution in [0.5, 0.6) is 0 Å². The summed E-state index contributed by atoms with van der Waals surface area (Å²) in [6, 6.07) is 17.0. The Labute approximate surface area is 249 Å². The summed E-state index contributed by atoms with van der Waals surface area (Å²) in [6.45, 7) is 4.08. The van der Waals surface area contributed by atoms with Crippen molar-refractivity contribution in [1.82, 2.24) is 19.8 Å². The Bertz CT molecular complexity index is 1350. The van der Waals surface area contributed by atoms with Crippen molar-refractivity contribution in [2.45, 2.75) is 45.5 Å². The van der Waals surface area contributed by atoms with Crippen molar-refractivity contribution >= 4 is 34.3 Å². The van der Waals surface area contributed by atoms with E-state index in [2.05, 4.69) is 15.6 Å². The third-order valence-corrected chi connectivity index (χ3v) is 7.87. The Morgan fingerprint density at radius 2 is 1.67 bits per heavy atom. The third-order valence-electron chi connectivity index (χ3n) is 6.59. The summed E-state index contributed by atoms with van der Waals surface area (Å²) in [7, 11) is -0.919. The maximum absolute atomic E-state index is 13.6. The molecule has 0 spiro atoms. The minimum Gasteiger partial charge on any atom is -0.374 e. The van der Waals surface area contributed by atoms with Crippen molar-refractivity contribution < 1.29 is 23.3 Å². The number of amides is 3. The fourth-order valence-electron chi connectivity index (χ4n) is 4.26. The molecule has 2 heterocycles. The van der Waals surface area contributed by atoms with Crippen LogP contribution in [0.3, 0.4) is 0 Å². The second-order valence-electron chi connectivity index (χ2n) is 10.4. The van der Waals surface area contributed by atoms with Crippen molar-refractivity contribution in [3.63, 3.8) is 0 Å². The molecule has 0 aliphatic carbocycles. The van der Waals surface area contributed by atoms with Crippen LogP contribution in [-0.4, -0.2) is 79.2 Å². The van der Waals surface area contributed by atoms with Gasteiger partial charge < -0.3 is 30.6 Å². The van der Waals surface area contributed by atoms with Gasteiger partial charge in [-0.05, 0) is 25.0 Å². The van der Waals surface area contributed by atoms with Crippen molar-refractivity contribution in [2.75, 3.05) is 36.5 Å². The van der Waals surface area contributed by atoms with Crippen LogP contribution in [0.1, 0.15) is 38.4 Å². The molecule has 0 saturated carbocycles. The maximum Gasteiger partial charge on any atom is 0.250 e. The predicted molar refractivity (Wildman–Crippen MR) is 163 cm³/mol. The van der Waals surface area contributed by atoms with Gasteiger partial charge in [0.25, 0.3) is 5.91 Å². The molecule has 0 radical (unpaired) electrons. The molecule has 1 saturated heterocycles. The molecule has 1 unspecified atom stereocenters. The maximum atomic E-state index is 13.6. The van der Waals surface area contributed by atoms with E-state index in [1.165, 1.54) is 6.33 Å². The number of imidazole rings is 1. The Morgan fingerprint density at radius 3 is 2.29 bits per heavy atom. The van der Waals surface area contributed by atoms with Gasteiger partial charge in [0.15, 0.2) is 5.82 Å². The highest BCUT2D eigenvalue weighted by molar-refractivity contribution is 7.85. The first-order chi connectivity index (χ1) is 19.6. The summed E-state index contributed by atoms with van der Waals surface area (Å²) >= 11 is 0. The highest BCUT2D eigenvalue weighted by Gasteiger charge is 2.31. The number of aromatic nitrogens is 2. The zero-order valence-electron chi connectivity index (χ0n) is 23.2. The molecule has 2 aromatic carbocycles. The van der Waals surface area contributed by atoms with Gasteiger partial charge in [0.2, 0.25) is 11.8 Å². The lowest BCUT2D eigenvalue weighted by Gasteiger charge is -2.30. The van der Waals surface area contributed by atoms with Gasteiger partial charge in [-0.3, -0.25) is 18.6 Å². The van der Waals surface area contributed by atoms with Crippen molar-refractivity contribution in [3.05, 3.63) is 84.3 Å². The molecule has 42 heavy (non-hydrogen) atoms. The lowest BCUT2D eigenvalue weighted by atomic mass is 10.1. The van der Waals surface area contributed by atoms with Gasteiger partial charge in [-0.1, -0.05) is 68.1 Å². The van der Waals surface area contributed by atoms with E-state index < -0.39 is 40.2 Å². The Hall–Kier alpha value is -3.87. The molecule has 4 N–H and O–H groups in total. The lowest BCUT2D eigenvalue weighted by Crippen LogP contribution is -2.56. The number of anilines is 1. The summed E-state index contributed by atoms with van der Waals surface area (Å²) in [4.78, 5) is 45.5. The summed E-state index contributed by atoms with van der Waals surface area (Å²) < 4.78 is 19.2. The number of ether oxygens (including phenoxy) is 1. The monoisotopic (exact) mass is 596 g/mol. The summed E-state index contributed by atoms with van der Waals surface area (Å²) in [5.74, 6) is -0.106. The molecule has 1 fully saturated rings. The number of hydrogen-bond donors (Lipinski definition) is 3. The number of benzene rings is 2. The quantitative estimate of drug-likeness (QED) is 0.307. The number of rotatable bonds is 11. The van der Waals surface area contributed by atoms with E-state index in [-0.39, 0.29) is 32.4 Å². The third kappa shape index (κ3) is 8.81. The zero-order valence-corrected chi connectivity index (χ0v) is 24.0. The molecular weight excluding hydrogens is 556 g/mol. The SMILES string of the molecule is C.CC(C)(N)C(=O)N[C@H](COCc1ccccc1)C(=O)Nc1cn(C(C(=O)N2CCS(=O)CC2)c2ccccc2)cn1. The lowest BCUT2D eigenvalue weighted by molar-refractivity contribution is -0.133. The summed E-state index contributed by atoms with van der Waals surface area (Å²) in [5, 5.41) is 5.39. The molecule has 3 amide bonds. The van der Waals surface area contributed by atoms with Crippen LogP contribution in [-0.2, 0) is 36.5 Å². The number of nitrogens with zero attached hydrogens (tertiary/aromatic N) is 3. The van der Waals surface area contributed by atoms with Crippen molar-refractivity contribution in [3.8, 4) is 0 Å². The first kappa shape index (κ1) is 32.6. The van der Waals surface area contributed by atoms with Crippen LogP contribution in [0.2, 0.25) is 0 Å². The molecule has 2 atom stereocenters. The van der Waals surface area contributed by atoms with E-state index in [9.17, 15) is 18.6 Å². The number of carbonyl (C=O) groups excluding carboxylic acids is 3. The number of nitrogens with one attached hydrogen (secondary N) is 2. The minimum atomic E-state index is -1.20. The second kappa shape index (κ2) is 14.9. The van der Waals surface area contributed by atoms with Crippen molar-refractivity contribution in [1.29, 1.82) is 0 Å². The number of carbonyl (C=O) groups is 3. The van der Waals surface area contributed by atoms with E-state index >= 15 is 0 Å². The molecule has 11 nitrogen and oxygen atoms in total. The number of hydrogen-bond acceptors (Lipinski definition) is 7. The van der Waals surface area contributed by atoms with Crippen LogP contribution in [0.15, 0.2) is 73.2 Å². The van der Waals surface area contributed by atoms with E-state index in [0.29, 0.717) is 24.6 Å². The van der Waals surface area contributed by atoms with Gasteiger partial charge >= 0.3 is 0 Å². The average molecular weight is 597 g/mol. The average Bonchev–Trinajstić information content (AvgIpc) is 3.41. The normalized spacial score (nSPS) is 15.3. The van der Waals surface area contributed by atoms with Gasteiger partial charge in [0.05, 0.1) is 25.1 Å². The molecule has 1 aromatic heterocycles. The van der Waals surface area contributed by atoms with E-state index in [0.717, 1.165) is 11.1 Å². The molecule has 226 valence electrons. The van der Waals surface area contributed by atoms with Gasteiger partial charge in [0.1, 0.15) is 12.1 Å². The smallest absolute Gasteiger partial charge is 0.250 e. The molecule has 1 aliphatic heterocycles. The highest BCUT2D eigenvalue weighted by Crippen LogP contribution is 2.23. The van der Waals surface area contributed by atoms with Crippen LogP contribution in [0, 0.1) is 0 Å². The van der Waals surface area contributed by atoms with E-state index in [1.54, 1.807) is 29.5 Å². The molecule has 0 bridgehead atoms. The fraction of sp³-hybridized carbons (Fsp3) is 0.400. The van der Waals surface area contributed by atoms with Gasteiger partial charge in [-0.25, -0.2) is 4.98 Å². The first-order valence-corrected chi connectivity index (χ1v) is 14.8. The van der Waals surface area contributed by atoms with E-state index in [1.807, 2.05) is 60.7 Å². The number of nitrogens with two attached hydrogens (primary N) is 1.